The number of aryl methyl sites for hydroxylation is 1. The third-order valence-electron chi connectivity index (χ3n) is 3.12. The van der Waals surface area contributed by atoms with Crippen LogP contribution in [0.4, 0.5) is 5.69 Å². The Morgan fingerprint density at radius 2 is 1.85 bits per heavy atom. The molecule has 1 N–H and O–H groups in total. The van der Waals surface area contributed by atoms with E-state index in [-0.39, 0.29) is 5.91 Å². The maximum Gasteiger partial charge on any atom is 0.255 e. The molecular weight excluding hydrogens is 266 g/mol. The van der Waals surface area contributed by atoms with E-state index in [4.69, 9.17) is 0 Å². The molecule has 0 bridgehead atoms. The quantitative estimate of drug-likeness (QED) is 0.884. The van der Waals surface area contributed by atoms with Gasteiger partial charge in [-0.15, -0.1) is 0 Å². The summed E-state index contributed by atoms with van der Waals surface area (Å²) in [5, 5.41) is 2.93. The number of hydrogen-bond acceptors (Lipinski definition) is 2. The SMILES string of the molecule is CCc1ccc(NC(=O)c2cccc(CSC)c2)cc1. The average Bonchev–Trinajstić information content (AvgIpc) is 2.48. The first-order valence-electron chi connectivity index (χ1n) is 6.71. The van der Waals surface area contributed by atoms with Crippen LogP contribution in [0.1, 0.15) is 28.4 Å². The third kappa shape index (κ3) is 3.87. The number of hydrogen-bond donors (Lipinski definition) is 1. The molecule has 0 atom stereocenters. The van der Waals surface area contributed by atoms with Crippen LogP contribution < -0.4 is 5.32 Å². The smallest absolute Gasteiger partial charge is 0.255 e. The van der Waals surface area contributed by atoms with Crippen LogP contribution in [-0.4, -0.2) is 12.2 Å². The molecule has 0 aliphatic carbocycles. The van der Waals surface area contributed by atoms with E-state index in [1.807, 2.05) is 48.5 Å². The summed E-state index contributed by atoms with van der Waals surface area (Å²) in [4.78, 5) is 12.2. The zero-order chi connectivity index (χ0) is 14.4. The van der Waals surface area contributed by atoms with Crippen LogP contribution in [0.3, 0.4) is 0 Å². The van der Waals surface area contributed by atoms with Gasteiger partial charge in [-0.1, -0.05) is 31.2 Å². The number of thioether (sulfide) groups is 1. The van der Waals surface area contributed by atoms with Gasteiger partial charge < -0.3 is 5.32 Å². The molecule has 2 nitrogen and oxygen atoms in total. The van der Waals surface area contributed by atoms with Gasteiger partial charge in [0.2, 0.25) is 0 Å². The van der Waals surface area contributed by atoms with Gasteiger partial charge in [-0.3, -0.25) is 4.79 Å². The van der Waals surface area contributed by atoms with Crippen molar-refractivity contribution in [3.8, 4) is 0 Å². The van der Waals surface area contributed by atoms with Gasteiger partial charge in [-0.2, -0.15) is 11.8 Å². The van der Waals surface area contributed by atoms with Gasteiger partial charge in [0.05, 0.1) is 0 Å². The zero-order valence-electron chi connectivity index (χ0n) is 11.8. The minimum atomic E-state index is -0.0581. The van der Waals surface area contributed by atoms with E-state index in [2.05, 4.69) is 18.5 Å². The van der Waals surface area contributed by atoms with Crippen LogP contribution in [0.2, 0.25) is 0 Å². The van der Waals surface area contributed by atoms with Crippen molar-refractivity contribution in [2.45, 2.75) is 19.1 Å². The summed E-state index contributed by atoms with van der Waals surface area (Å²) in [6.45, 7) is 2.12. The summed E-state index contributed by atoms with van der Waals surface area (Å²) in [5.74, 6) is 0.865. The van der Waals surface area contributed by atoms with Crippen molar-refractivity contribution in [1.29, 1.82) is 0 Å². The molecule has 20 heavy (non-hydrogen) atoms. The molecule has 0 unspecified atom stereocenters. The predicted molar refractivity (Wildman–Crippen MR) is 87.4 cm³/mol. The summed E-state index contributed by atoms with van der Waals surface area (Å²) in [6.07, 6.45) is 3.06. The van der Waals surface area contributed by atoms with E-state index < -0.39 is 0 Å². The minimum absolute atomic E-state index is 0.0581. The molecule has 0 aliphatic heterocycles. The van der Waals surface area contributed by atoms with Crippen molar-refractivity contribution in [2.75, 3.05) is 11.6 Å². The summed E-state index contributed by atoms with van der Waals surface area (Å²) >= 11 is 1.75. The summed E-state index contributed by atoms with van der Waals surface area (Å²) in [7, 11) is 0. The van der Waals surface area contributed by atoms with Gasteiger partial charge in [-0.05, 0) is 48.1 Å². The van der Waals surface area contributed by atoms with E-state index >= 15 is 0 Å². The number of carbonyl (C=O) groups excluding carboxylic acids is 1. The molecule has 2 aromatic carbocycles. The average molecular weight is 285 g/mol. The topological polar surface area (TPSA) is 29.1 Å². The molecule has 104 valence electrons. The van der Waals surface area contributed by atoms with Crippen LogP contribution >= 0.6 is 11.8 Å². The van der Waals surface area contributed by atoms with Crippen LogP contribution in [-0.2, 0) is 12.2 Å². The number of benzene rings is 2. The standard InChI is InChI=1S/C17H19NOS/c1-3-13-7-9-16(10-8-13)18-17(19)15-6-4-5-14(11-15)12-20-2/h4-11H,3,12H2,1-2H3,(H,18,19). The molecule has 0 saturated heterocycles. The minimum Gasteiger partial charge on any atom is -0.322 e. The lowest BCUT2D eigenvalue weighted by Gasteiger charge is -2.07. The predicted octanol–water partition coefficient (Wildman–Crippen LogP) is 4.36. The molecule has 0 aromatic heterocycles. The van der Waals surface area contributed by atoms with Crippen molar-refractivity contribution >= 4 is 23.4 Å². The van der Waals surface area contributed by atoms with Gasteiger partial charge in [0.1, 0.15) is 0 Å². The first-order valence-corrected chi connectivity index (χ1v) is 8.10. The summed E-state index contributed by atoms with van der Waals surface area (Å²) in [6, 6.07) is 15.8. The van der Waals surface area contributed by atoms with Crippen LogP contribution in [0.15, 0.2) is 48.5 Å². The molecule has 0 spiro atoms. The Morgan fingerprint density at radius 3 is 2.50 bits per heavy atom. The van der Waals surface area contributed by atoms with Crippen molar-refractivity contribution in [3.05, 3.63) is 65.2 Å². The van der Waals surface area contributed by atoms with E-state index in [0.717, 1.165) is 17.9 Å². The lowest BCUT2D eigenvalue weighted by Crippen LogP contribution is -2.12. The molecule has 0 radical (unpaired) electrons. The maximum absolute atomic E-state index is 12.2. The molecule has 2 aromatic rings. The maximum atomic E-state index is 12.2. The highest BCUT2D eigenvalue weighted by atomic mass is 32.2. The Hall–Kier alpha value is -1.74. The first-order chi connectivity index (χ1) is 9.72. The van der Waals surface area contributed by atoms with E-state index in [9.17, 15) is 4.79 Å². The number of anilines is 1. The largest absolute Gasteiger partial charge is 0.322 e. The Morgan fingerprint density at radius 1 is 1.10 bits per heavy atom. The van der Waals surface area contributed by atoms with Crippen molar-refractivity contribution in [3.63, 3.8) is 0 Å². The van der Waals surface area contributed by atoms with Crippen LogP contribution in [0.25, 0.3) is 0 Å². The monoisotopic (exact) mass is 285 g/mol. The van der Waals surface area contributed by atoms with Gasteiger partial charge in [0, 0.05) is 17.0 Å². The molecule has 3 heteroatoms. The zero-order valence-corrected chi connectivity index (χ0v) is 12.7. The molecule has 0 fully saturated rings. The van der Waals surface area contributed by atoms with Crippen molar-refractivity contribution in [1.82, 2.24) is 0 Å². The third-order valence-corrected chi connectivity index (χ3v) is 3.74. The molecule has 2 rings (SSSR count). The van der Waals surface area contributed by atoms with Crippen molar-refractivity contribution < 1.29 is 4.79 Å². The summed E-state index contributed by atoms with van der Waals surface area (Å²) < 4.78 is 0. The second kappa shape index (κ2) is 7.15. The van der Waals surface area contributed by atoms with Crippen LogP contribution in [0, 0.1) is 0 Å². The lowest BCUT2D eigenvalue weighted by atomic mass is 10.1. The lowest BCUT2D eigenvalue weighted by molar-refractivity contribution is 0.102. The Kier molecular flexibility index (Phi) is 5.24. The van der Waals surface area contributed by atoms with E-state index in [1.165, 1.54) is 11.1 Å². The number of nitrogens with one attached hydrogen (secondary N) is 1. The normalized spacial score (nSPS) is 10.3. The highest BCUT2D eigenvalue weighted by Gasteiger charge is 2.06. The fourth-order valence-electron chi connectivity index (χ4n) is 2.00. The van der Waals surface area contributed by atoms with Gasteiger partial charge >= 0.3 is 0 Å². The number of amides is 1. The Bertz CT molecular complexity index is 578. The Labute approximate surface area is 124 Å². The van der Waals surface area contributed by atoms with E-state index in [0.29, 0.717) is 5.56 Å². The molecule has 1 amide bonds. The fraction of sp³-hybridized carbons (Fsp3) is 0.235. The van der Waals surface area contributed by atoms with Gasteiger partial charge in [0.25, 0.3) is 5.91 Å². The van der Waals surface area contributed by atoms with E-state index in [1.54, 1.807) is 11.8 Å². The highest BCUT2D eigenvalue weighted by Crippen LogP contribution is 2.14. The van der Waals surface area contributed by atoms with Gasteiger partial charge in [0.15, 0.2) is 0 Å². The molecular formula is C17H19NOS. The fourth-order valence-corrected chi connectivity index (χ4v) is 2.51. The van der Waals surface area contributed by atoms with Crippen molar-refractivity contribution in [2.24, 2.45) is 0 Å². The number of rotatable bonds is 5. The molecule has 0 aliphatic rings. The Balaban J connectivity index is 2.08. The van der Waals surface area contributed by atoms with Crippen LogP contribution in [0.5, 0.6) is 0 Å². The highest BCUT2D eigenvalue weighted by molar-refractivity contribution is 7.97. The van der Waals surface area contributed by atoms with Gasteiger partial charge in [-0.25, -0.2) is 0 Å². The second-order valence-corrected chi connectivity index (χ2v) is 5.50. The molecule has 0 saturated carbocycles. The number of carbonyl (C=O) groups is 1. The molecule has 0 heterocycles. The second-order valence-electron chi connectivity index (χ2n) is 4.64. The first kappa shape index (κ1) is 14.7. The summed E-state index contributed by atoms with van der Waals surface area (Å²) in [5.41, 5.74) is 3.98.